The third-order valence-corrected chi connectivity index (χ3v) is 3.72. The first-order valence-corrected chi connectivity index (χ1v) is 7.81. The minimum atomic E-state index is -2.99. The van der Waals surface area contributed by atoms with E-state index in [1.165, 1.54) is 43.3 Å². The quantitative estimate of drug-likeness (QED) is 0.298. The van der Waals surface area contributed by atoms with E-state index >= 15 is 0 Å². The molecule has 0 aliphatic heterocycles. The molecule has 0 radical (unpaired) electrons. The molecule has 10 heteroatoms. The van der Waals surface area contributed by atoms with Crippen molar-refractivity contribution in [3.63, 3.8) is 0 Å². The minimum Gasteiger partial charge on any atom is -0.451 e. The van der Waals surface area contributed by atoms with E-state index in [2.05, 4.69) is 4.74 Å². The Morgan fingerprint density at radius 2 is 1.70 bits per heavy atom. The Bertz CT molecular complexity index is 872. The highest BCUT2D eigenvalue weighted by molar-refractivity contribution is 6.32. The van der Waals surface area contributed by atoms with Crippen LogP contribution in [0.4, 0.5) is 14.5 Å². The molecule has 0 bridgehead atoms. The van der Waals surface area contributed by atoms with Crippen LogP contribution in [0, 0.1) is 10.1 Å². The lowest BCUT2D eigenvalue weighted by atomic mass is 10.1. The molecule has 0 heterocycles. The van der Waals surface area contributed by atoms with Crippen molar-refractivity contribution in [2.45, 2.75) is 19.6 Å². The van der Waals surface area contributed by atoms with Crippen molar-refractivity contribution in [2.24, 2.45) is 0 Å². The Morgan fingerprint density at radius 1 is 1.11 bits per heavy atom. The molecule has 0 amide bonds. The molecular formula is C17H12ClF2NO6. The number of rotatable bonds is 7. The number of ketones is 1. The van der Waals surface area contributed by atoms with Crippen molar-refractivity contribution in [1.29, 1.82) is 0 Å². The number of hydrogen-bond acceptors (Lipinski definition) is 6. The lowest BCUT2D eigenvalue weighted by molar-refractivity contribution is -0.384. The maximum Gasteiger partial charge on any atom is 0.387 e. The van der Waals surface area contributed by atoms with Gasteiger partial charge in [-0.1, -0.05) is 11.6 Å². The lowest BCUT2D eigenvalue weighted by Gasteiger charge is -2.13. The maximum absolute atomic E-state index is 12.3. The van der Waals surface area contributed by atoms with E-state index in [4.69, 9.17) is 16.3 Å². The molecule has 0 aliphatic rings. The minimum absolute atomic E-state index is 0.110. The molecule has 0 saturated carbocycles. The summed E-state index contributed by atoms with van der Waals surface area (Å²) in [6.45, 7) is -1.68. The van der Waals surface area contributed by atoms with E-state index in [0.29, 0.717) is 0 Å². The van der Waals surface area contributed by atoms with Gasteiger partial charge in [0.15, 0.2) is 6.10 Å². The second kappa shape index (κ2) is 8.54. The van der Waals surface area contributed by atoms with Crippen LogP contribution in [0.25, 0.3) is 0 Å². The van der Waals surface area contributed by atoms with Crippen molar-refractivity contribution >= 4 is 29.0 Å². The molecule has 2 aromatic rings. The first-order chi connectivity index (χ1) is 12.7. The van der Waals surface area contributed by atoms with E-state index in [-0.39, 0.29) is 21.9 Å². The zero-order valence-corrected chi connectivity index (χ0v) is 14.5. The van der Waals surface area contributed by atoms with E-state index in [0.717, 1.165) is 6.07 Å². The number of halogens is 3. The third kappa shape index (κ3) is 5.20. The van der Waals surface area contributed by atoms with Gasteiger partial charge in [-0.25, -0.2) is 4.79 Å². The average molecular weight is 400 g/mol. The molecule has 0 N–H and O–H groups in total. The highest BCUT2D eigenvalue weighted by atomic mass is 35.5. The molecule has 1 atom stereocenters. The zero-order chi connectivity index (χ0) is 20.1. The summed E-state index contributed by atoms with van der Waals surface area (Å²) in [6.07, 6.45) is -1.21. The second-order valence-electron chi connectivity index (χ2n) is 5.24. The molecule has 0 spiro atoms. The largest absolute Gasteiger partial charge is 0.451 e. The summed E-state index contributed by atoms with van der Waals surface area (Å²) >= 11 is 5.67. The summed E-state index contributed by atoms with van der Waals surface area (Å²) in [6, 6.07) is 8.19. The summed E-state index contributed by atoms with van der Waals surface area (Å²) in [4.78, 5) is 34.5. The van der Waals surface area contributed by atoms with Gasteiger partial charge < -0.3 is 9.47 Å². The van der Waals surface area contributed by atoms with Crippen molar-refractivity contribution in [2.75, 3.05) is 0 Å². The summed E-state index contributed by atoms with van der Waals surface area (Å²) in [5.41, 5.74) is -0.509. The van der Waals surface area contributed by atoms with Gasteiger partial charge in [-0.15, -0.1) is 0 Å². The monoisotopic (exact) mass is 399 g/mol. The van der Waals surface area contributed by atoms with Crippen LogP contribution in [-0.2, 0) is 4.74 Å². The van der Waals surface area contributed by atoms with Gasteiger partial charge in [0.05, 0.1) is 10.5 Å². The Morgan fingerprint density at radius 3 is 2.26 bits per heavy atom. The number of benzene rings is 2. The van der Waals surface area contributed by atoms with Gasteiger partial charge in [0.2, 0.25) is 5.78 Å². The molecule has 7 nitrogen and oxygen atoms in total. The van der Waals surface area contributed by atoms with Gasteiger partial charge in [-0.2, -0.15) is 8.78 Å². The number of esters is 1. The predicted molar refractivity (Wildman–Crippen MR) is 90.4 cm³/mol. The molecule has 0 unspecified atom stereocenters. The Kier molecular flexibility index (Phi) is 6.40. The number of alkyl halides is 2. The summed E-state index contributed by atoms with van der Waals surface area (Å²) in [5.74, 6) is -1.66. The second-order valence-corrected chi connectivity index (χ2v) is 5.65. The van der Waals surface area contributed by atoms with E-state index in [1.54, 1.807) is 0 Å². The van der Waals surface area contributed by atoms with Gasteiger partial charge in [-0.05, 0) is 43.3 Å². The molecule has 0 fully saturated rings. The van der Waals surface area contributed by atoms with Gasteiger partial charge >= 0.3 is 12.6 Å². The number of carbonyl (C=O) groups excluding carboxylic acids is 2. The van der Waals surface area contributed by atoms with Crippen LogP contribution in [0.2, 0.25) is 5.02 Å². The standard InChI is InChI=1S/C17H12ClF2NO6/c1-9(15(22)10-2-5-12(6-3-10)27-17(19)20)26-16(23)11-4-7-13(18)14(8-11)21(24)25/h2-9,17H,1H3/t9-/m1/s1. The van der Waals surface area contributed by atoms with E-state index in [1.807, 2.05) is 0 Å². The van der Waals surface area contributed by atoms with Crippen molar-refractivity contribution in [3.8, 4) is 5.75 Å². The SMILES string of the molecule is C[C@@H](OC(=O)c1ccc(Cl)c([N+](=O)[O-])c1)C(=O)c1ccc(OC(F)F)cc1. The average Bonchev–Trinajstić information content (AvgIpc) is 2.61. The maximum atomic E-state index is 12.3. The van der Waals surface area contributed by atoms with Crippen LogP contribution in [0.5, 0.6) is 5.75 Å². The molecule has 0 aromatic heterocycles. The molecule has 0 aliphatic carbocycles. The van der Waals surface area contributed by atoms with E-state index in [9.17, 15) is 28.5 Å². The third-order valence-electron chi connectivity index (χ3n) is 3.40. The molecule has 0 saturated heterocycles. The number of nitrogens with zero attached hydrogens (tertiary/aromatic N) is 1. The number of nitro benzene ring substituents is 1. The van der Waals surface area contributed by atoms with Crippen LogP contribution in [0.3, 0.4) is 0 Å². The van der Waals surface area contributed by atoms with Gasteiger partial charge in [0, 0.05) is 11.6 Å². The predicted octanol–water partition coefficient (Wildman–Crippen LogP) is 4.28. The van der Waals surface area contributed by atoms with E-state index < -0.39 is 35.1 Å². The van der Waals surface area contributed by atoms with Crippen LogP contribution >= 0.6 is 11.6 Å². The number of Topliss-reactive ketones (excluding diaryl/α,β-unsaturated/α-hetero) is 1. The Hall–Kier alpha value is -3.07. The van der Waals surface area contributed by atoms with Crippen molar-refractivity contribution in [3.05, 3.63) is 68.7 Å². The van der Waals surface area contributed by atoms with Crippen LogP contribution in [-0.4, -0.2) is 29.4 Å². The van der Waals surface area contributed by atoms with Crippen molar-refractivity contribution in [1.82, 2.24) is 0 Å². The summed E-state index contributed by atoms with van der Waals surface area (Å²) < 4.78 is 33.4. The fourth-order valence-corrected chi connectivity index (χ4v) is 2.28. The van der Waals surface area contributed by atoms with Gasteiger partial charge in [0.1, 0.15) is 10.8 Å². The number of hydrogen-bond donors (Lipinski definition) is 0. The summed E-state index contributed by atoms with van der Waals surface area (Å²) in [7, 11) is 0. The smallest absolute Gasteiger partial charge is 0.387 e. The fraction of sp³-hybridized carbons (Fsp3) is 0.176. The Balaban J connectivity index is 2.08. The lowest BCUT2D eigenvalue weighted by Crippen LogP contribution is -2.24. The first-order valence-electron chi connectivity index (χ1n) is 7.43. The number of carbonyl (C=O) groups is 2. The number of nitro groups is 1. The van der Waals surface area contributed by atoms with Crippen LogP contribution in [0.15, 0.2) is 42.5 Å². The van der Waals surface area contributed by atoms with Gasteiger partial charge in [-0.3, -0.25) is 14.9 Å². The molecule has 27 heavy (non-hydrogen) atoms. The zero-order valence-electron chi connectivity index (χ0n) is 13.7. The highest BCUT2D eigenvalue weighted by Gasteiger charge is 2.23. The van der Waals surface area contributed by atoms with Crippen molar-refractivity contribution < 1.29 is 32.8 Å². The highest BCUT2D eigenvalue weighted by Crippen LogP contribution is 2.25. The molecule has 2 rings (SSSR count). The first kappa shape index (κ1) is 20.2. The van der Waals surface area contributed by atoms with Crippen LogP contribution < -0.4 is 4.74 Å². The normalized spacial score (nSPS) is 11.7. The fourth-order valence-electron chi connectivity index (χ4n) is 2.10. The van der Waals surface area contributed by atoms with Gasteiger partial charge in [0.25, 0.3) is 5.69 Å². The molecule has 142 valence electrons. The molecular weight excluding hydrogens is 388 g/mol. The number of ether oxygens (including phenoxy) is 2. The van der Waals surface area contributed by atoms with Crippen LogP contribution in [0.1, 0.15) is 27.6 Å². The summed E-state index contributed by atoms with van der Waals surface area (Å²) in [5, 5.41) is 10.7. The Labute approximate surface area is 156 Å². The topological polar surface area (TPSA) is 95.7 Å². The molecule has 2 aromatic carbocycles.